The highest BCUT2D eigenvalue weighted by Crippen LogP contribution is 2.36. The van der Waals surface area contributed by atoms with Crippen LogP contribution < -0.4 is 5.69 Å². The molecule has 1 aromatic heterocycles. The predicted molar refractivity (Wildman–Crippen MR) is 79.4 cm³/mol. The molecule has 5 heteroatoms. The highest BCUT2D eigenvalue weighted by Gasteiger charge is 2.20. The first kappa shape index (κ1) is 12.5. The van der Waals surface area contributed by atoms with E-state index in [-0.39, 0.29) is 11.6 Å². The number of hydrogen-bond acceptors (Lipinski definition) is 3. The predicted octanol–water partition coefficient (Wildman–Crippen LogP) is 2.08. The van der Waals surface area contributed by atoms with Crippen LogP contribution in [0.2, 0.25) is 0 Å². The maximum atomic E-state index is 11.8. The summed E-state index contributed by atoms with van der Waals surface area (Å²) in [6, 6.07) is 7.82. The standard InChI is InChI=1S/C15H15N3O2/c1-9-11(10-6-4-5-7-12(10)16-9)8-13-14(19)18(3)15(20)17(13)2/h4-8,19H,1-3H3/b11-8+. The Bertz CT molecular complexity index is 822. The van der Waals surface area contributed by atoms with Crippen LogP contribution >= 0.6 is 0 Å². The Hall–Kier alpha value is -2.56. The van der Waals surface area contributed by atoms with E-state index in [1.807, 2.05) is 31.2 Å². The number of allylic oxidation sites excluding steroid dienone is 1. The number of rotatable bonds is 1. The lowest BCUT2D eigenvalue weighted by Gasteiger charge is -2.02. The molecule has 0 fully saturated rings. The number of imidazole rings is 1. The maximum absolute atomic E-state index is 11.8. The number of aromatic hydroxyl groups is 1. The van der Waals surface area contributed by atoms with Crippen LogP contribution in [0.3, 0.4) is 0 Å². The van der Waals surface area contributed by atoms with Crippen LogP contribution in [0.4, 0.5) is 5.69 Å². The number of fused-ring (bicyclic) bond motifs is 1. The Morgan fingerprint density at radius 2 is 1.90 bits per heavy atom. The third-order valence-corrected chi connectivity index (χ3v) is 3.64. The van der Waals surface area contributed by atoms with Gasteiger partial charge in [-0.1, -0.05) is 18.2 Å². The molecule has 102 valence electrons. The molecule has 0 bridgehead atoms. The van der Waals surface area contributed by atoms with Crippen molar-refractivity contribution in [1.82, 2.24) is 9.13 Å². The second-order valence-electron chi connectivity index (χ2n) is 4.88. The molecule has 0 atom stereocenters. The molecule has 1 aliphatic heterocycles. The van der Waals surface area contributed by atoms with Crippen LogP contribution in [0.1, 0.15) is 18.2 Å². The van der Waals surface area contributed by atoms with Crippen molar-refractivity contribution in [3.05, 3.63) is 46.0 Å². The van der Waals surface area contributed by atoms with Gasteiger partial charge in [0.1, 0.15) is 5.69 Å². The number of para-hydroxylation sites is 1. The Labute approximate surface area is 116 Å². The summed E-state index contributed by atoms with van der Waals surface area (Å²) in [7, 11) is 3.19. The summed E-state index contributed by atoms with van der Waals surface area (Å²) in [5.41, 5.74) is 3.96. The van der Waals surface area contributed by atoms with Gasteiger partial charge in [-0.3, -0.25) is 14.1 Å². The van der Waals surface area contributed by atoms with Crippen molar-refractivity contribution in [1.29, 1.82) is 0 Å². The quantitative estimate of drug-likeness (QED) is 0.861. The molecule has 5 nitrogen and oxygen atoms in total. The van der Waals surface area contributed by atoms with Crippen LogP contribution in [-0.4, -0.2) is 20.0 Å². The van der Waals surface area contributed by atoms with Gasteiger partial charge in [0.15, 0.2) is 0 Å². The molecule has 1 aliphatic rings. The zero-order chi connectivity index (χ0) is 14.4. The molecule has 0 amide bonds. The van der Waals surface area contributed by atoms with Gasteiger partial charge in [0.05, 0.1) is 5.69 Å². The first-order chi connectivity index (χ1) is 9.50. The zero-order valence-corrected chi connectivity index (χ0v) is 11.6. The molecule has 20 heavy (non-hydrogen) atoms. The topological polar surface area (TPSA) is 59.5 Å². The molecule has 0 aliphatic carbocycles. The largest absolute Gasteiger partial charge is 0.493 e. The highest BCUT2D eigenvalue weighted by molar-refractivity contribution is 6.31. The fourth-order valence-corrected chi connectivity index (χ4v) is 2.46. The average Bonchev–Trinajstić information content (AvgIpc) is 2.85. The molecule has 0 unspecified atom stereocenters. The molecule has 0 saturated carbocycles. The van der Waals surface area contributed by atoms with Crippen molar-refractivity contribution < 1.29 is 5.11 Å². The van der Waals surface area contributed by atoms with Crippen LogP contribution in [0.25, 0.3) is 11.6 Å². The van der Waals surface area contributed by atoms with Crippen molar-refractivity contribution >= 4 is 23.0 Å². The van der Waals surface area contributed by atoms with Gasteiger partial charge in [0.25, 0.3) is 0 Å². The van der Waals surface area contributed by atoms with Gasteiger partial charge in [-0.25, -0.2) is 4.79 Å². The third-order valence-electron chi connectivity index (χ3n) is 3.64. The maximum Gasteiger partial charge on any atom is 0.330 e. The molecule has 3 rings (SSSR count). The normalized spacial score (nSPS) is 15.6. The van der Waals surface area contributed by atoms with Crippen LogP contribution in [0.5, 0.6) is 5.88 Å². The van der Waals surface area contributed by atoms with Crippen LogP contribution in [-0.2, 0) is 14.1 Å². The fourth-order valence-electron chi connectivity index (χ4n) is 2.46. The van der Waals surface area contributed by atoms with E-state index in [4.69, 9.17) is 0 Å². The Balaban J connectivity index is 2.23. The molecular weight excluding hydrogens is 254 g/mol. The zero-order valence-electron chi connectivity index (χ0n) is 11.6. The summed E-state index contributed by atoms with van der Waals surface area (Å²) < 4.78 is 2.65. The van der Waals surface area contributed by atoms with Crippen molar-refractivity contribution in [2.24, 2.45) is 19.1 Å². The lowest BCUT2D eigenvalue weighted by atomic mass is 10.0. The first-order valence-electron chi connectivity index (χ1n) is 6.32. The van der Waals surface area contributed by atoms with Gasteiger partial charge in [0.2, 0.25) is 5.88 Å². The van der Waals surface area contributed by atoms with Gasteiger partial charge < -0.3 is 5.11 Å². The molecule has 1 N–H and O–H groups in total. The number of aromatic nitrogens is 2. The third kappa shape index (κ3) is 1.63. The van der Waals surface area contributed by atoms with E-state index >= 15 is 0 Å². The van der Waals surface area contributed by atoms with Gasteiger partial charge in [-0.15, -0.1) is 0 Å². The first-order valence-corrected chi connectivity index (χ1v) is 6.32. The minimum atomic E-state index is -0.254. The van der Waals surface area contributed by atoms with E-state index in [0.717, 1.165) is 22.5 Å². The van der Waals surface area contributed by atoms with E-state index < -0.39 is 0 Å². The average molecular weight is 269 g/mol. The van der Waals surface area contributed by atoms with Gasteiger partial charge in [-0.2, -0.15) is 0 Å². The Kier molecular flexibility index (Phi) is 2.64. The second kappa shape index (κ2) is 4.23. The minimum Gasteiger partial charge on any atom is -0.493 e. The van der Waals surface area contributed by atoms with Crippen molar-refractivity contribution in [3.8, 4) is 5.88 Å². The van der Waals surface area contributed by atoms with E-state index in [9.17, 15) is 9.90 Å². The smallest absolute Gasteiger partial charge is 0.330 e. The van der Waals surface area contributed by atoms with E-state index in [2.05, 4.69) is 4.99 Å². The van der Waals surface area contributed by atoms with Gasteiger partial charge in [0, 0.05) is 30.9 Å². The summed E-state index contributed by atoms with van der Waals surface area (Å²) in [6.45, 7) is 1.92. The SMILES string of the molecule is CC1=Nc2ccccc2/C1=C/c1c(O)n(C)c(=O)n1C. The van der Waals surface area contributed by atoms with E-state index in [0.29, 0.717) is 5.69 Å². The number of nitrogens with zero attached hydrogens (tertiary/aromatic N) is 3. The lowest BCUT2D eigenvalue weighted by Crippen LogP contribution is -2.19. The Morgan fingerprint density at radius 3 is 2.55 bits per heavy atom. The number of aliphatic imine (C=N–C) groups is 1. The van der Waals surface area contributed by atoms with Crippen LogP contribution in [0.15, 0.2) is 34.1 Å². The number of hydrogen-bond donors (Lipinski definition) is 1. The van der Waals surface area contributed by atoms with Gasteiger partial charge >= 0.3 is 5.69 Å². The summed E-state index contributed by atoms with van der Waals surface area (Å²) in [4.78, 5) is 16.3. The molecule has 0 radical (unpaired) electrons. The number of benzene rings is 1. The summed E-state index contributed by atoms with van der Waals surface area (Å²) in [6.07, 6.45) is 1.81. The van der Waals surface area contributed by atoms with E-state index in [1.54, 1.807) is 20.2 Å². The van der Waals surface area contributed by atoms with Crippen molar-refractivity contribution in [3.63, 3.8) is 0 Å². The Morgan fingerprint density at radius 1 is 1.20 bits per heavy atom. The molecule has 2 aromatic rings. The molecular formula is C15H15N3O2. The summed E-state index contributed by atoms with van der Waals surface area (Å²) >= 11 is 0. The molecule has 0 saturated heterocycles. The summed E-state index contributed by atoms with van der Waals surface area (Å²) in [5.74, 6) is -0.0396. The van der Waals surface area contributed by atoms with Crippen LogP contribution in [0, 0.1) is 0 Å². The van der Waals surface area contributed by atoms with Crippen molar-refractivity contribution in [2.45, 2.75) is 6.92 Å². The van der Waals surface area contributed by atoms with Gasteiger partial charge in [-0.05, 0) is 19.1 Å². The lowest BCUT2D eigenvalue weighted by molar-refractivity contribution is 0.428. The minimum absolute atomic E-state index is 0.0396. The molecule has 2 heterocycles. The van der Waals surface area contributed by atoms with E-state index in [1.165, 1.54) is 9.13 Å². The summed E-state index contributed by atoms with van der Waals surface area (Å²) in [5, 5.41) is 10.1. The fraction of sp³-hybridized carbons (Fsp3) is 0.200. The second-order valence-corrected chi connectivity index (χ2v) is 4.88. The van der Waals surface area contributed by atoms with Crippen molar-refractivity contribution in [2.75, 3.05) is 0 Å². The highest BCUT2D eigenvalue weighted by atomic mass is 16.3. The monoisotopic (exact) mass is 269 g/mol. The molecule has 1 aromatic carbocycles. The molecule has 0 spiro atoms.